The smallest absolute Gasteiger partial charge is 0.267 e. The highest BCUT2D eigenvalue weighted by molar-refractivity contribution is 7.90. The third-order valence-electron chi connectivity index (χ3n) is 4.63. The lowest BCUT2D eigenvalue weighted by Gasteiger charge is -2.06. The van der Waals surface area contributed by atoms with Gasteiger partial charge in [0.15, 0.2) is 0 Å². The summed E-state index contributed by atoms with van der Waals surface area (Å²) in [4.78, 5) is 12.9. The van der Waals surface area contributed by atoms with Crippen LogP contribution in [0.15, 0.2) is 84.4 Å². The Labute approximate surface area is 171 Å². The fourth-order valence-electron chi connectivity index (χ4n) is 3.14. The molecule has 0 spiro atoms. The monoisotopic (exact) mass is 408 g/mol. The molecule has 2 aromatic carbocycles. The molecule has 0 fully saturated rings. The standard InChI is InChI=1S/C23H24N2O3S/c1-3-4-5-6-9-16-25-17-21(20-10-7-8-11-22(20)25)23(26)24-29(27,28)19-14-12-18(2)13-15-19/h3-5,7-8,10-15,17H,1,6,9,16H2,2H3,(H,24,26)/b5-4+. The average molecular weight is 409 g/mol. The van der Waals surface area contributed by atoms with Crippen molar-refractivity contribution in [2.24, 2.45) is 0 Å². The number of carbonyl (C=O) groups is 1. The minimum atomic E-state index is -3.94. The minimum Gasteiger partial charge on any atom is -0.347 e. The molecular weight excluding hydrogens is 384 g/mol. The Morgan fingerprint density at radius 2 is 1.86 bits per heavy atom. The third-order valence-corrected chi connectivity index (χ3v) is 5.98. The first-order valence-electron chi connectivity index (χ1n) is 9.41. The number of aryl methyl sites for hydroxylation is 2. The summed E-state index contributed by atoms with van der Waals surface area (Å²) in [7, 11) is -3.94. The van der Waals surface area contributed by atoms with E-state index in [4.69, 9.17) is 0 Å². The first-order chi connectivity index (χ1) is 13.9. The van der Waals surface area contributed by atoms with Crippen LogP contribution >= 0.6 is 0 Å². The molecule has 3 aromatic rings. The number of rotatable bonds is 8. The molecule has 0 unspecified atom stereocenters. The fraction of sp³-hybridized carbons (Fsp3) is 0.174. The Bertz CT molecular complexity index is 1160. The summed E-state index contributed by atoms with van der Waals surface area (Å²) in [5.41, 5.74) is 2.19. The molecule has 5 nitrogen and oxygen atoms in total. The van der Waals surface area contributed by atoms with E-state index in [0.717, 1.165) is 35.9 Å². The number of carbonyl (C=O) groups excluding carboxylic acids is 1. The van der Waals surface area contributed by atoms with E-state index in [0.29, 0.717) is 5.56 Å². The summed E-state index contributed by atoms with van der Waals surface area (Å²) >= 11 is 0. The molecule has 1 amide bonds. The number of allylic oxidation sites excluding steroid dienone is 3. The van der Waals surface area contributed by atoms with Gasteiger partial charge in [0.05, 0.1) is 10.5 Å². The second-order valence-electron chi connectivity index (χ2n) is 6.81. The number of sulfonamides is 1. The number of nitrogens with zero attached hydrogens (tertiary/aromatic N) is 1. The van der Waals surface area contributed by atoms with Gasteiger partial charge >= 0.3 is 0 Å². The van der Waals surface area contributed by atoms with Gasteiger partial charge in [0.2, 0.25) is 0 Å². The zero-order valence-electron chi connectivity index (χ0n) is 16.3. The maximum absolute atomic E-state index is 12.8. The number of unbranched alkanes of at least 4 members (excludes halogenated alkanes) is 1. The van der Waals surface area contributed by atoms with Gasteiger partial charge < -0.3 is 4.57 Å². The summed E-state index contributed by atoms with van der Waals surface area (Å²) in [6, 6.07) is 13.9. The van der Waals surface area contributed by atoms with Crippen LogP contribution in [0.2, 0.25) is 0 Å². The maximum Gasteiger partial charge on any atom is 0.267 e. The molecule has 0 saturated carbocycles. The second kappa shape index (κ2) is 8.92. The molecule has 1 N–H and O–H groups in total. The van der Waals surface area contributed by atoms with Crippen molar-refractivity contribution in [1.82, 2.24) is 9.29 Å². The van der Waals surface area contributed by atoms with Crippen LogP contribution in [0.25, 0.3) is 10.9 Å². The molecule has 1 aromatic heterocycles. The van der Waals surface area contributed by atoms with Crippen LogP contribution < -0.4 is 4.72 Å². The van der Waals surface area contributed by atoms with Crippen LogP contribution in [-0.4, -0.2) is 18.9 Å². The Morgan fingerprint density at radius 1 is 1.14 bits per heavy atom. The van der Waals surface area contributed by atoms with E-state index in [9.17, 15) is 13.2 Å². The predicted molar refractivity (Wildman–Crippen MR) is 116 cm³/mol. The molecule has 0 radical (unpaired) electrons. The Morgan fingerprint density at radius 3 is 2.59 bits per heavy atom. The van der Waals surface area contributed by atoms with Crippen molar-refractivity contribution in [2.45, 2.75) is 31.2 Å². The molecule has 0 aliphatic carbocycles. The van der Waals surface area contributed by atoms with Crippen LogP contribution in [0.5, 0.6) is 0 Å². The van der Waals surface area contributed by atoms with E-state index >= 15 is 0 Å². The topological polar surface area (TPSA) is 68.2 Å². The van der Waals surface area contributed by atoms with Crippen molar-refractivity contribution >= 4 is 26.8 Å². The molecule has 29 heavy (non-hydrogen) atoms. The molecule has 6 heteroatoms. The maximum atomic E-state index is 12.8. The number of fused-ring (bicyclic) bond motifs is 1. The molecule has 0 bridgehead atoms. The van der Waals surface area contributed by atoms with Crippen LogP contribution in [0.1, 0.15) is 28.8 Å². The van der Waals surface area contributed by atoms with Gasteiger partial charge in [-0.2, -0.15) is 0 Å². The van der Waals surface area contributed by atoms with E-state index in [-0.39, 0.29) is 4.90 Å². The van der Waals surface area contributed by atoms with E-state index < -0.39 is 15.9 Å². The average Bonchev–Trinajstić information content (AvgIpc) is 3.07. The molecule has 150 valence electrons. The summed E-state index contributed by atoms with van der Waals surface area (Å²) in [6.45, 7) is 6.24. The summed E-state index contributed by atoms with van der Waals surface area (Å²) in [5, 5.41) is 0.728. The number of hydrogen-bond donors (Lipinski definition) is 1. The van der Waals surface area contributed by atoms with E-state index in [1.807, 2.05) is 47.9 Å². The quantitative estimate of drug-likeness (QED) is 0.438. The number of aromatic nitrogens is 1. The molecule has 0 aliphatic heterocycles. The Kier molecular flexibility index (Phi) is 6.34. The fourth-order valence-corrected chi connectivity index (χ4v) is 4.10. The van der Waals surface area contributed by atoms with Gasteiger partial charge in [0.25, 0.3) is 15.9 Å². The highest BCUT2D eigenvalue weighted by Crippen LogP contribution is 2.22. The summed E-state index contributed by atoms with van der Waals surface area (Å²) < 4.78 is 29.4. The first-order valence-corrected chi connectivity index (χ1v) is 10.9. The van der Waals surface area contributed by atoms with Crippen molar-refractivity contribution in [3.63, 3.8) is 0 Å². The van der Waals surface area contributed by atoms with Gasteiger partial charge in [-0.05, 0) is 38.0 Å². The molecule has 0 aliphatic rings. The van der Waals surface area contributed by atoms with E-state index in [1.54, 1.807) is 24.4 Å². The summed E-state index contributed by atoms with van der Waals surface area (Å²) in [6.07, 6.45) is 9.19. The Balaban J connectivity index is 1.85. The lowest BCUT2D eigenvalue weighted by molar-refractivity contribution is 0.0983. The van der Waals surface area contributed by atoms with Gasteiger partial charge in [-0.15, -0.1) is 0 Å². The zero-order valence-corrected chi connectivity index (χ0v) is 17.2. The second-order valence-corrected chi connectivity index (χ2v) is 8.49. The zero-order chi connectivity index (χ0) is 20.9. The van der Waals surface area contributed by atoms with Gasteiger partial charge in [0.1, 0.15) is 0 Å². The van der Waals surface area contributed by atoms with Crippen molar-refractivity contribution < 1.29 is 13.2 Å². The van der Waals surface area contributed by atoms with Crippen molar-refractivity contribution in [3.05, 3.63) is 90.7 Å². The molecule has 0 atom stereocenters. The van der Waals surface area contributed by atoms with Gasteiger partial charge in [0, 0.05) is 23.6 Å². The predicted octanol–water partition coefficient (Wildman–Crippen LogP) is 4.59. The highest BCUT2D eigenvalue weighted by Gasteiger charge is 2.21. The highest BCUT2D eigenvalue weighted by atomic mass is 32.2. The minimum absolute atomic E-state index is 0.0641. The van der Waals surface area contributed by atoms with Crippen molar-refractivity contribution in [3.8, 4) is 0 Å². The van der Waals surface area contributed by atoms with Gasteiger partial charge in [-0.3, -0.25) is 4.79 Å². The number of amides is 1. The van der Waals surface area contributed by atoms with Crippen LogP contribution in [0.3, 0.4) is 0 Å². The van der Waals surface area contributed by atoms with Crippen molar-refractivity contribution in [1.29, 1.82) is 0 Å². The number of benzene rings is 2. The lowest BCUT2D eigenvalue weighted by atomic mass is 10.2. The lowest BCUT2D eigenvalue weighted by Crippen LogP contribution is -2.30. The van der Waals surface area contributed by atoms with Crippen LogP contribution in [0, 0.1) is 6.92 Å². The summed E-state index contributed by atoms with van der Waals surface area (Å²) in [5.74, 6) is -0.632. The normalized spacial score (nSPS) is 11.8. The van der Waals surface area contributed by atoms with E-state index in [1.165, 1.54) is 12.1 Å². The van der Waals surface area contributed by atoms with Gasteiger partial charge in [-0.25, -0.2) is 13.1 Å². The molecule has 0 saturated heterocycles. The van der Waals surface area contributed by atoms with Crippen LogP contribution in [0.4, 0.5) is 0 Å². The van der Waals surface area contributed by atoms with Crippen molar-refractivity contribution in [2.75, 3.05) is 0 Å². The SMILES string of the molecule is C=C/C=C/CCCn1cc(C(=O)NS(=O)(=O)c2ccc(C)cc2)c2ccccc21. The molecular formula is C23H24N2O3S. The number of hydrogen-bond acceptors (Lipinski definition) is 3. The van der Waals surface area contributed by atoms with E-state index in [2.05, 4.69) is 11.3 Å². The number of para-hydroxylation sites is 1. The Hall–Kier alpha value is -3.12. The number of nitrogens with one attached hydrogen (secondary N) is 1. The third kappa shape index (κ3) is 4.84. The largest absolute Gasteiger partial charge is 0.347 e. The molecule has 1 heterocycles. The van der Waals surface area contributed by atoms with Crippen LogP contribution in [-0.2, 0) is 16.6 Å². The molecule has 3 rings (SSSR count). The van der Waals surface area contributed by atoms with Gasteiger partial charge in [-0.1, -0.05) is 60.7 Å². The first kappa shape index (κ1) is 20.6.